The number of hydrogen-bond donors (Lipinski definition) is 1. The minimum absolute atomic E-state index is 0.337. The van der Waals surface area contributed by atoms with Crippen molar-refractivity contribution in [1.29, 1.82) is 0 Å². The Kier molecular flexibility index (Phi) is 4.30. The summed E-state index contributed by atoms with van der Waals surface area (Å²) >= 11 is 2.17. The molecular weight excluding hydrogens is 321 g/mol. The van der Waals surface area contributed by atoms with Crippen molar-refractivity contribution in [2.75, 3.05) is 26.9 Å². The molecule has 0 spiro atoms. The minimum Gasteiger partial charge on any atom is -0.467 e. The van der Waals surface area contributed by atoms with Crippen LogP contribution in [-0.4, -0.2) is 42.9 Å². The first-order chi connectivity index (χ1) is 7.78. The molecular formula is C10H14IN3O2. The van der Waals surface area contributed by atoms with Crippen molar-refractivity contribution in [3.8, 4) is 6.01 Å². The second kappa shape index (κ2) is 5.74. The van der Waals surface area contributed by atoms with Crippen LogP contribution in [0.4, 0.5) is 0 Å². The molecule has 1 aromatic rings. The summed E-state index contributed by atoms with van der Waals surface area (Å²) in [5, 5.41) is 3.40. The van der Waals surface area contributed by atoms with Crippen molar-refractivity contribution in [2.24, 2.45) is 0 Å². The Labute approximate surface area is 108 Å². The van der Waals surface area contributed by atoms with E-state index >= 15 is 0 Å². The van der Waals surface area contributed by atoms with E-state index in [0.29, 0.717) is 12.1 Å². The fourth-order valence-corrected chi connectivity index (χ4v) is 2.21. The number of morpholine rings is 1. The summed E-state index contributed by atoms with van der Waals surface area (Å²) in [7, 11) is 1.58. The van der Waals surface area contributed by atoms with Gasteiger partial charge in [-0.05, 0) is 28.7 Å². The lowest BCUT2D eigenvalue weighted by molar-refractivity contribution is 0.0766. The van der Waals surface area contributed by atoms with E-state index in [2.05, 4.69) is 37.9 Å². The number of nitrogens with zero attached hydrogens (tertiary/aromatic N) is 2. The van der Waals surface area contributed by atoms with Crippen LogP contribution in [0.3, 0.4) is 0 Å². The van der Waals surface area contributed by atoms with Crippen molar-refractivity contribution >= 4 is 22.6 Å². The van der Waals surface area contributed by atoms with Crippen LogP contribution in [0.15, 0.2) is 6.07 Å². The van der Waals surface area contributed by atoms with Gasteiger partial charge in [-0.2, -0.15) is 4.98 Å². The zero-order valence-electron chi connectivity index (χ0n) is 9.07. The van der Waals surface area contributed by atoms with Crippen LogP contribution in [0.1, 0.15) is 5.69 Å². The van der Waals surface area contributed by atoms with Crippen molar-refractivity contribution in [3.05, 3.63) is 15.5 Å². The normalized spacial score (nSPS) is 20.8. The third-order valence-corrected chi connectivity index (χ3v) is 2.92. The van der Waals surface area contributed by atoms with Crippen molar-refractivity contribution in [3.63, 3.8) is 0 Å². The molecule has 1 N–H and O–H groups in total. The summed E-state index contributed by atoms with van der Waals surface area (Å²) in [5.41, 5.74) is 0.985. The average molecular weight is 335 g/mol. The van der Waals surface area contributed by atoms with Gasteiger partial charge in [0.1, 0.15) is 3.70 Å². The zero-order valence-corrected chi connectivity index (χ0v) is 11.2. The number of rotatable bonds is 3. The Bertz CT molecular complexity index is 356. The molecule has 6 heteroatoms. The smallest absolute Gasteiger partial charge is 0.317 e. The molecule has 0 bridgehead atoms. The van der Waals surface area contributed by atoms with E-state index in [1.165, 1.54) is 0 Å². The van der Waals surface area contributed by atoms with Crippen LogP contribution in [0.5, 0.6) is 6.01 Å². The molecule has 1 aliphatic rings. The molecule has 1 fully saturated rings. The van der Waals surface area contributed by atoms with Crippen LogP contribution in [0, 0.1) is 3.70 Å². The number of ether oxygens (including phenoxy) is 2. The van der Waals surface area contributed by atoms with Gasteiger partial charge in [0.25, 0.3) is 0 Å². The van der Waals surface area contributed by atoms with Gasteiger partial charge in [0.15, 0.2) is 0 Å². The average Bonchev–Trinajstić information content (AvgIpc) is 2.29. The van der Waals surface area contributed by atoms with Gasteiger partial charge in [0.2, 0.25) is 0 Å². The second-order valence-corrected chi connectivity index (χ2v) is 4.70. The highest BCUT2D eigenvalue weighted by atomic mass is 127. The molecule has 1 unspecified atom stereocenters. The molecule has 16 heavy (non-hydrogen) atoms. The van der Waals surface area contributed by atoms with E-state index < -0.39 is 0 Å². The lowest BCUT2D eigenvalue weighted by Crippen LogP contribution is -2.42. The van der Waals surface area contributed by atoms with E-state index in [1.54, 1.807) is 7.11 Å². The third kappa shape index (κ3) is 3.26. The van der Waals surface area contributed by atoms with Crippen LogP contribution in [0.2, 0.25) is 0 Å². The molecule has 5 nitrogen and oxygen atoms in total. The third-order valence-electron chi connectivity index (χ3n) is 2.36. The summed E-state index contributed by atoms with van der Waals surface area (Å²) in [6.07, 6.45) is 0.842. The molecule has 1 atom stereocenters. The topological polar surface area (TPSA) is 56.3 Å². The lowest BCUT2D eigenvalue weighted by atomic mass is 10.1. The van der Waals surface area contributed by atoms with Crippen molar-refractivity contribution in [1.82, 2.24) is 15.3 Å². The number of aromatic nitrogens is 2. The van der Waals surface area contributed by atoms with Crippen molar-refractivity contribution < 1.29 is 9.47 Å². The fourth-order valence-electron chi connectivity index (χ4n) is 1.64. The summed E-state index contributed by atoms with van der Waals surface area (Å²) in [4.78, 5) is 8.46. The second-order valence-electron chi connectivity index (χ2n) is 3.60. The lowest BCUT2D eigenvalue weighted by Gasteiger charge is -2.23. The first-order valence-corrected chi connectivity index (χ1v) is 6.24. The molecule has 88 valence electrons. The first kappa shape index (κ1) is 12.0. The van der Waals surface area contributed by atoms with E-state index in [9.17, 15) is 0 Å². The standard InChI is InChI=1S/C10H14IN3O2/c1-15-10-13-7(5-9(11)14-10)4-8-6-16-3-2-12-8/h5,8,12H,2-4,6H2,1H3. The zero-order chi connectivity index (χ0) is 11.4. The molecule has 2 rings (SSSR count). The SMILES string of the molecule is COc1nc(I)cc(CC2COCCN2)n1. The Balaban J connectivity index is 2.04. The Morgan fingerprint density at radius 1 is 1.62 bits per heavy atom. The van der Waals surface area contributed by atoms with Gasteiger partial charge < -0.3 is 14.8 Å². The van der Waals surface area contributed by atoms with Gasteiger partial charge in [-0.1, -0.05) is 0 Å². The van der Waals surface area contributed by atoms with Crippen LogP contribution >= 0.6 is 22.6 Å². The predicted octanol–water partition coefficient (Wildman–Crippen LogP) is 0.621. The molecule has 2 heterocycles. The maximum absolute atomic E-state index is 5.40. The molecule has 0 radical (unpaired) electrons. The molecule has 1 saturated heterocycles. The Morgan fingerprint density at radius 2 is 2.50 bits per heavy atom. The van der Waals surface area contributed by atoms with Gasteiger partial charge in [-0.15, -0.1) is 0 Å². The summed E-state index contributed by atoms with van der Waals surface area (Å²) < 4.78 is 11.3. The highest BCUT2D eigenvalue weighted by Crippen LogP contribution is 2.11. The van der Waals surface area contributed by atoms with Gasteiger partial charge in [-0.3, -0.25) is 0 Å². The predicted molar refractivity (Wildman–Crippen MR) is 67.6 cm³/mol. The van der Waals surface area contributed by atoms with E-state index in [4.69, 9.17) is 9.47 Å². The van der Waals surface area contributed by atoms with Crippen LogP contribution in [-0.2, 0) is 11.2 Å². The molecule has 1 aliphatic heterocycles. The van der Waals surface area contributed by atoms with Gasteiger partial charge in [-0.25, -0.2) is 4.98 Å². The maximum Gasteiger partial charge on any atom is 0.317 e. The Morgan fingerprint density at radius 3 is 3.19 bits per heavy atom. The minimum atomic E-state index is 0.337. The summed E-state index contributed by atoms with van der Waals surface area (Å²) in [6, 6.07) is 2.74. The molecule has 0 aliphatic carbocycles. The van der Waals surface area contributed by atoms with Crippen LogP contribution < -0.4 is 10.1 Å². The summed E-state index contributed by atoms with van der Waals surface area (Å²) in [5.74, 6) is 0. The molecule has 0 amide bonds. The quantitative estimate of drug-likeness (QED) is 0.648. The Hall–Kier alpha value is -0.470. The van der Waals surface area contributed by atoms with Gasteiger partial charge in [0, 0.05) is 19.0 Å². The largest absolute Gasteiger partial charge is 0.467 e. The highest BCUT2D eigenvalue weighted by Gasteiger charge is 2.15. The molecule has 0 aromatic carbocycles. The molecule has 1 aromatic heterocycles. The van der Waals surface area contributed by atoms with E-state index in [0.717, 1.165) is 35.6 Å². The number of halogens is 1. The summed E-state index contributed by atoms with van der Waals surface area (Å²) in [6.45, 7) is 2.44. The van der Waals surface area contributed by atoms with Crippen molar-refractivity contribution in [2.45, 2.75) is 12.5 Å². The first-order valence-electron chi connectivity index (χ1n) is 5.16. The van der Waals surface area contributed by atoms with Crippen LogP contribution in [0.25, 0.3) is 0 Å². The van der Waals surface area contributed by atoms with E-state index in [-0.39, 0.29) is 0 Å². The maximum atomic E-state index is 5.40. The fraction of sp³-hybridized carbons (Fsp3) is 0.600. The monoisotopic (exact) mass is 335 g/mol. The van der Waals surface area contributed by atoms with Gasteiger partial charge >= 0.3 is 6.01 Å². The van der Waals surface area contributed by atoms with Gasteiger partial charge in [0.05, 0.1) is 26.0 Å². The molecule has 0 saturated carbocycles. The highest BCUT2D eigenvalue weighted by molar-refractivity contribution is 14.1. The van der Waals surface area contributed by atoms with E-state index in [1.807, 2.05) is 6.07 Å². The number of nitrogens with one attached hydrogen (secondary N) is 1. The number of methoxy groups -OCH3 is 1. The number of hydrogen-bond acceptors (Lipinski definition) is 5.